The molecule has 0 unspecified atom stereocenters. The molecule has 2 aliphatic rings. The first-order valence-corrected chi connectivity index (χ1v) is 9.35. The minimum atomic E-state index is -0.448. The van der Waals surface area contributed by atoms with Gasteiger partial charge in [-0.3, -0.25) is 9.69 Å². The highest BCUT2D eigenvalue weighted by atomic mass is 32.1. The second-order valence-electron chi connectivity index (χ2n) is 6.45. The van der Waals surface area contributed by atoms with Gasteiger partial charge < -0.3 is 20.1 Å². The molecule has 0 aliphatic carbocycles. The molecule has 0 spiro atoms. The number of piperidine rings is 1. The highest BCUT2D eigenvalue weighted by Crippen LogP contribution is 2.31. The second kappa shape index (κ2) is 8.35. The molecule has 0 atom stereocenters. The van der Waals surface area contributed by atoms with Crippen LogP contribution in [0.2, 0.25) is 0 Å². The molecule has 0 aromatic carbocycles. The second-order valence-corrected chi connectivity index (χ2v) is 7.31. The molecular weight excluding hydrogens is 328 g/mol. The number of anilines is 1. The van der Waals surface area contributed by atoms with Crippen molar-refractivity contribution in [1.29, 1.82) is 0 Å². The lowest BCUT2D eigenvalue weighted by atomic mass is 9.79. The molecule has 24 heavy (non-hydrogen) atoms. The van der Waals surface area contributed by atoms with Gasteiger partial charge in [0, 0.05) is 32.1 Å². The Bertz CT molecular complexity index is 534. The summed E-state index contributed by atoms with van der Waals surface area (Å²) in [7, 11) is 1.65. The van der Waals surface area contributed by atoms with Gasteiger partial charge in [0.2, 0.25) is 5.91 Å². The van der Waals surface area contributed by atoms with E-state index < -0.39 is 5.41 Å². The molecule has 1 aromatic rings. The number of morpholine rings is 1. The van der Waals surface area contributed by atoms with Gasteiger partial charge in [0.1, 0.15) is 0 Å². The smallest absolute Gasteiger partial charge is 0.234 e. The van der Waals surface area contributed by atoms with Gasteiger partial charge in [0.05, 0.1) is 30.9 Å². The number of hydrogen-bond acceptors (Lipinski definition) is 7. The van der Waals surface area contributed by atoms with Crippen molar-refractivity contribution in [3.63, 3.8) is 0 Å². The maximum Gasteiger partial charge on any atom is 0.234 e. The van der Waals surface area contributed by atoms with Crippen molar-refractivity contribution in [3.8, 4) is 0 Å². The first kappa shape index (κ1) is 17.8. The third-order valence-electron chi connectivity index (χ3n) is 4.72. The molecule has 7 nitrogen and oxygen atoms in total. The van der Waals surface area contributed by atoms with Gasteiger partial charge in [-0.15, -0.1) is 11.3 Å². The monoisotopic (exact) mass is 354 g/mol. The molecule has 2 saturated heterocycles. The minimum Gasteiger partial charge on any atom is -0.384 e. The number of amides is 1. The number of rotatable bonds is 6. The highest BCUT2D eigenvalue weighted by Gasteiger charge is 2.40. The van der Waals surface area contributed by atoms with Crippen LogP contribution in [-0.2, 0) is 20.8 Å². The fraction of sp³-hybridized carbons (Fsp3) is 0.750. The Labute approximate surface area is 146 Å². The predicted octanol–water partition coefficient (Wildman–Crippen LogP) is 0.930. The SMILES string of the molecule is COCC1(C(=O)Nc2nc(CN3CCOCC3)cs2)CCNCC1. The highest BCUT2D eigenvalue weighted by molar-refractivity contribution is 7.13. The standard InChI is InChI=1S/C16H26N4O3S/c1-22-12-16(2-4-17-5-3-16)14(21)19-15-18-13(11-24-15)10-20-6-8-23-9-7-20/h11,17H,2-10,12H2,1H3,(H,18,19,21). The summed E-state index contributed by atoms with van der Waals surface area (Å²) in [5, 5.41) is 9.02. The maximum absolute atomic E-state index is 12.8. The molecule has 2 N–H and O–H groups in total. The van der Waals surface area contributed by atoms with E-state index >= 15 is 0 Å². The topological polar surface area (TPSA) is 75.7 Å². The number of carbonyl (C=O) groups excluding carboxylic acids is 1. The van der Waals surface area contributed by atoms with Gasteiger partial charge in [0.25, 0.3) is 0 Å². The molecule has 1 amide bonds. The first-order valence-electron chi connectivity index (χ1n) is 8.47. The van der Waals surface area contributed by atoms with E-state index in [4.69, 9.17) is 9.47 Å². The van der Waals surface area contributed by atoms with Crippen LogP contribution in [-0.4, -0.2) is 68.9 Å². The summed E-state index contributed by atoms with van der Waals surface area (Å²) in [6.07, 6.45) is 1.58. The van der Waals surface area contributed by atoms with Crippen LogP contribution in [0.25, 0.3) is 0 Å². The van der Waals surface area contributed by atoms with Crippen molar-refractivity contribution in [1.82, 2.24) is 15.2 Å². The van der Waals surface area contributed by atoms with Gasteiger partial charge in [0.15, 0.2) is 5.13 Å². The lowest BCUT2D eigenvalue weighted by molar-refractivity contribution is -0.130. The lowest BCUT2D eigenvalue weighted by Crippen LogP contribution is -2.47. The average molecular weight is 354 g/mol. The normalized spacial score (nSPS) is 21.5. The van der Waals surface area contributed by atoms with Crippen LogP contribution in [0, 0.1) is 5.41 Å². The predicted molar refractivity (Wildman–Crippen MR) is 93.3 cm³/mol. The van der Waals surface area contributed by atoms with E-state index in [1.54, 1.807) is 7.11 Å². The number of hydrogen-bond donors (Lipinski definition) is 2. The van der Waals surface area contributed by atoms with Gasteiger partial charge in [-0.1, -0.05) is 0 Å². The Morgan fingerprint density at radius 3 is 2.92 bits per heavy atom. The number of methoxy groups -OCH3 is 1. The van der Waals surface area contributed by atoms with Gasteiger partial charge in [-0.25, -0.2) is 4.98 Å². The third-order valence-corrected chi connectivity index (χ3v) is 5.53. The van der Waals surface area contributed by atoms with Crippen molar-refractivity contribution in [2.75, 3.05) is 58.4 Å². The summed E-state index contributed by atoms with van der Waals surface area (Å²) in [6.45, 7) is 6.37. The summed E-state index contributed by atoms with van der Waals surface area (Å²) >= 11 is 1.49. The molecule has 3 rings (SSSR count). The van der Waals surface area contributed by atoms with Gasteiger partial charge in [-0.2, -0.15) is 0 Å². The van der Waals surface area contributed by atoms with Crippen LogP contribution < -0.4 is 10.6 Å². The minimum absolute atomic E-state index is 0.0260. The molecule has 1 aromatic heterocycles. The van der Waals surface area contributed by atoms with E-state index in [1.165, 1.54) is 11.3 Å². The Kier molecular flexibility index (Phi) is 6.18. The van der Waals surface area contributed by atoms with E-state index in [9.17, 15) is 4.79 Å². The summed E-state index contributed by atoms with van der Waals surface area (Å²) in [5.74, 6) is 0.0260. The average Bonchev–Trinajstić information content (AvgIpc) is 3.04. The van der Waals surface area contributed by atoms with Crippen LogP contribution >= 0.6 is 11.3 Å². The molecule has 0 radical (unpaired) electrons. The number of ether oxygens (including phenoxy) is 2. The van der Waals surface area contributed by atoms with E-state index in [0.29, 0.717) is 11.7 Å². The molecule has 8 heteroatoms. The summed E-state index contributed by atoms with van der Waals surface area (Å²) in [4.78, 5) is 19.7. The molecule has 0 bridgehead atoms. The fourth-order valence-electron chi connectivity index (χ4n) is 3.27. The molecule has 134 valence electrons. The summed E-state index contributed by atoms with van der Waals surface area (Å²) in [5.41, 5.74) is 0.555. The van der Waals surface area contributed by atoms with Crippen LogP contribution in [0.4, 0.5) is 5.13 Å². The van der Waals surface area contributed by atoms with Crippen LogP contribution in [0.5, 0.6) is 0 Å². The Balaban J connectivity index is 1.59. The molecule has 2 fully saturated rings. The summed E-state index contributed by atoms with van der Waals surface area (Å²) < 4.78 is 10.7. The van der Waals surface area contributed by atoms with E-state index in [-0.39, 0.29) is 5.91 Å². The number of aromatic nitrogens is 1. The number of carbonyl (C=O) groups is 1. The van der Waals surface area contributed by atoms with Gasteiger partial charge >= 0.3 is 0 Å². The first-order chi connectivity index (χ1) is 11.7. The van der Waals surface area contributed by atoms with Crippen molar-refractivity contribution in [2.45, 2.75) is 19.4 Å². The Hall–Kier alpha value is -1.06. The van der Waals surface area contributed by atoms with Crippen LogP contribution in [0.15, 0.2) is 5.38 Å². The molecule has 0 saturated carbocycles. The Morgan fingerprint density at radius 2 is 2.21 bits per heavy atom. The molecular formula is C16H26N4O3S. The zero-order valence-corrected chi connectivity index (χ0v) is 15.0. The maximum atomic E-state index is 12.8. The fourth-order valence-corrected chi connectivity index (χ4v) is 3.97. The summed E-state index contributed by atoms with van der Waals surface area (Å²) in [6, 6.07) is 0. The number of nitrogens with one attached hydrogen (secondary N) is 2. The van der Waals surface area contributed by atoms with E-state index in [2.05, 4.69) is 20.5 Å². The van der Waals surface area contributed by atoms with Crippen LogP contribution in [0.1, 0.15) is 18.5 Å². The third kappa shape index (κ3) is 4.31. The lowest BCUT2D eigenvalue weighted by Gasteiger charge is -2.35. The van der Waals surface area contributed by atoms with Crippen molar-refractivity contribution < 1.29 is 14.3 Å². The van der Waals surface area contributed by atoms with E-state index in [0.717, 1.165) is 64.5 Å². The van der Waals surface area contributed by atoms with Crippen LogP contribution in [0.3, 0.4) is 0 Å². The van der Waals surface area contributed by atoms with Gasteiger partial charge in [-0.05, 0) is 25.9 Å². The zero-order chi connectivity index (χ0) is 16.8. The Morgan fingerprint density at radius 1 is 1.46 bits per heavy atom. The molecule has 3 heterocycles. The number of nitrogens with zero attached hydrogens (tertiary/aromatic N) is 2. The number of thiazole rings is 1. The molecule has 2 aliphatic heterocycles. The quantitative estimate of drug-likeness (QED) is 0.792. The van der Waals surface area contributed by atoms with Crippen molar-refractivity contribution in [3.05, 3.63) is 11.1 Å². The zero-order valence-electron chi connectivity index (χ0n) is 14.2. The van der Waals surface area contributed by atoms with Crippen molar-refractivity contribution >= 4 is 22.4 Å². The van der Waals surface area contributed by atoms with Crippen molar-refractivity contribution in [2.24, 2.45) is 5.41 Å². The largest absolute Gasteiger partial charge is 0.384 e. The van der Waals surface area contributed by atoms with E-state index in [1.807, 2.05) is 5.38 Å².